The molecule has 2 aliphatic carbocycles. The highest BCUT2D eigenvalue weighted by molar-refractivity contribution is 6.13. The van der Waals surface area contributed by atoms with Crippen LogP contribution >= 0.6 is 0 Å². The van der Waals surface area contributed by atoms with Gasteiger partial charge in [-0.3, -0.25) is 0 Å². The number of nitrogens with zero attached hydrogens (tertiary/aromatic N) is 1. The largest absolute Gasteiger partial charge is 0.508 e. The number of benzene rings is 5. The summed E-state index contributed by atoms with van der Waals surface area (Å²) >= 11 is 0. The Labute approximate surface area is 227 Å². The second-order valence-electron chi connectivity index (χ2n) is 12.2. The lowest BCUT2D eigenvalue weighted by Gasteiger charge is -2.22. The summed E-state index contributed by atoms with van der Waals surface area (Å²) in [6, 6.07) is 31.7. The molecule has 3 nitrogen and oxygen atoms in total. The Bertz CT molecular complexity index is 1900. The predicted molar refractivity (Wildman–Crippen MR) is 159 cm³/mol. The normalized spacial score (nSPS) is 15.8. The van der Waals surface area contributed by atoms with E-state index in [2.05, 4.69) is 105 Å². The summed E-state index contributed by atoms with van der Waals surface area (Å²) < 4.78 is 2.21. The third-order valence-corrected chi connectivity index (χ3v) is 9.32. The monoisotopic (exact) mass is 507 g/mol. The predicted octanol–water partition coefficient (Wildman–Crippen LogP) is 8.81. The molecule has 8 rings (SSSR count). The van der Waals surface area contributed by atoms with Crippen LogP contribution < -0.4 is 0 Å². The van der Waals surface area contributed by atoms with Crippen molar-refractivity contribution in [3.63, 3.8) is 0 Å². The molecule has 3 heteroatoms. The van der Waals surface area contributed by atoms with Crippen LogP contribution in [0.5, 0.6) is 11.5 Å². The van der Waals surface area contributed by atoms with Gasteiger partial charge in [-0.25, -0.2) is 0 Å². The number of hydrogen-bond acceptors (Lipinski definition) is 2. The van der Waals surface area contributed by atoms with Crippen molar-refractivity contribution >= 4 is 21.8 Å². The van der Waals surface area contributed by atoms with Crippen LogP contribution in [0.1, 0.15) is 49.9 Å². The number of fused-ring (bicyclic) bond motifs is 9. The van der Waals surface area contributed by atoms with E-state index >= 15 is 0 Å². The van der Waals surface area contributed by atoms with Gasteiger partial charge in [-0.05, 0) is 68.8 Å². The van der Waals surface area contributed by atoms with Crippen LogP contribution in [0.15, 0.2) is 91.0 Å². The maximum absolute atomic E-state index is 10.5. The average molecular weight is 508 g/mol. The van der Waals surface area contributed by atoms with E-state index in [0.29, 0.717) is 0 Å². The SMILES string of the molecule is CC1(C)c2ccccc2-c2cc3c4cc5c(cc4n(-c4cc(O)cc(O)c4)c3cc21)C(C)(C)c1ccccc1-5. The maximum atomic E-state index is 10.5. The number of hydrogen-bond donors (Lipinski definition) is 2. The van der Waals surface area contributed by atoms with Crippen molar-refractivity contribution in [3.05, 3.63) is 113 Å². The van der Waals surface area contributed by atoms with E-state index in [4.69, 9.17) is 0 Å². The maximum Gasteiger partial charge on any atom is 0.121 e. The molecule has 0 amide bonds. The first-order chi connectivity index (χ1) is 18.7. The minimum atomic E-state index is -0.134. The van der Waals surface area contributed by atoms with E-state index in [1.165, 1.54) is 61.3 Å². The van der Waals surface area contributed by atoms with Gasteiger partial charge in [-0.2, -0.15) is 0 Å². The molecule has 1 heterocycles. The fourth-order valence-corrected chi connectivity index (χ4v) is 7.39. The second kappa shape index (κ2) is 7.12. The van der Waals surface area contributed by atoms with Crippen molar-refractivity contribution in [2.75, 3.05) is 0 Å². The Kier molecular flexibility index (Phi) is 4.10. The average Bonchev–Trinajstić information content (AvgIpc) is 3.43. The minimum absolute atomic E-state index is 0.0443. The van der Waals surface area contributed by atoms with Crippen LogP contribution in [0.25, 0.3) is 49.7 Å². The van der Waals surface area contributed by atoms with Gasteiger partial charge in [0.25, 0.3) is 0 Å². The zero-order valence-corrected chi connectivity index (χ0v) is 22.5. The Morgan fingerprint density at radius 3 is 1.38 bits per heavy atom. The van der Waals surface area contributed by atoms with Crippen LogP contribution in [0.4, 0.5) is 0 Å². The van der Waals surface area contributed by atoms with Gasteiger partial charge in [0.05, 0.1) is 16.7 Å². The first-order valence-electron chi connectivity index (χ1n) is 13.6. The minimum Gasteiger partial charge on any atom is -0.508 e. The lowest BCUT2D eigenvalue weighted by Crippen LogP contribution is -2.15. The van der Waals surface area contributed by atoms with Gasteiger partial charge >= 0.3 is 0 Å². The lowest BCUT2D eigenvalue weighted by molar-refractivity contribution is 0.450. The number of phenols is 2. The molecule has 0 fully saturated rings. The summed E-state index contributed by atoms with van der Waals surface area (Å²) in [6.45, 7) is 9.19. The molecule has 0 atom stereocenters. The van der Waals surface area contributed by atoms with Crippen LogP contribution in [0.3, 0.4) is 0 Å². The first kappa shape index (κ1) is 22.5. The Morgan fingerprint density at radius 2 is 0.923 bits per heavy atom. The van der Waals surface area contributed by atoms with Gasteiger partial charge in [0, 0.05) is 39.8 Å². The van der Waals surface area contributed by atoms with E-state index in [-0.39, 0.29) is 22.3 Å². The summed E-state index contributed by atoms with van der Waals surface area (Å²) in [5.41, 5.74) is 13.0. The van der Waals surface area contributed by atoms with Gasteiger partial charge < -0.3 is 14.8 Å². The number of aromatic nitrogens is 1. The summed E-state index contributed by atoms with van der Waals surface area (Å²) in [7, 11) is 0. The molecule has 39 heavy (non-hydrogen) atoms. The van der Waals surface area contributed by atoms with Gasteiger partial charge in [0.1, 0.15) is 11.5 Å². The fourth-order valence-electron chi connectivity index (χ4n) is 7.39. The fraction of sp³-hybridized carbons (Fsp3) is 0.167. The molecular formula is C36H29NO2. The van der Waals surface area contributed by atoms with Crippen LogP contribution in [0.2, 0.25) is 0 Å². The molecule has 2 N–H and O–H groups in total. The van der Waals surface area contributed by atoms with Crippen molar-refractivity contribution in [1.82, 2.24) is 4.57 Å². The number of phenolic OH excluding ortho intramolecular Hbond substituents is 2. The third-order valence-electron chi connectivity index (χ3n) is 9.32. The van der Waals surface area contributed by atoms with E-state index in [1.807, 2.05) is 0 Å². The zero-order valence-electron chi connectivity index (χ0n) is 22.5. The molecule has 0 saturated carbocycles. The van der Waals surface area contributed by atoms with Crippen molar-refractivity contribution < 1.29 is 10.2 Å². The highest BCUT2D eigenvalue weighted by atomic mass is 16.3. The number of rotatable bonds is 1. The second-order valence-corrected chi connectivity index (χ2v) is 12.2. The molecule has 0 bridgehead atoms. The molecule has 0 unspecified atom stereocenters. The van der Waals surface area contributed by atoms with Gasteiger partial charge in [0.2, 0.25) is 0 Å². The van der Waals surface area contributed by atoms with E-state index < -0.39 is 0 Å². The van der Waals surface area contributed by atoms with Crippen molar-refractivity contribution in [2.45, 2.75) is 38.5 Å². The van der Waals surface area contributed by atoms with Gasteiger partial charge in [0.15, 0.2) is 0 Å². The molecule has 0 saturated heterocycles. The molecule has 0 spiro atoms. The van der Waals surface area contributed by atoms with Crippen LogP contribution in [-0.2, 0) is 10.8 Å². The Hall–Kier alpha value is -4.50. The Balaban J connectivity index is 1.55. The summed E-state index contributed by atoms with van der Waals surface area (Å²) in [4.78, 5) is 0. The van der Waals surface area contributed by atoms with E-state index in [9.17, 15) is 10.2 Å². The Morgan fingerprint density at radius 1 is 0.487 bits per heavy atom. The number of aromatic hydroxyl groups is 2. The third kappa shape index (κ3) is 2.77. The summed E-state index contributed by atoms with van der Waals surface area (Å²) in [5.74, 6) is 0.0885. The quantitative estimate of drug-likeness (QED) is 0.234. The van der Waals surface area contributed by atoms with Crippen LogP contribution in [0, 0.1) is 0 Å². The topological polar surface area (TPSA) is 45.4 Å². The van der Waals surface area contributed by atoms with Gasteiger partial charge in [-0.1, -0.05) is 76.2 Å². The van der Waals surface area contributed by atoms with E-state index in [1.54, 1.807) is 12.1 Å². The van der Waals surface area contributed by atoms with Crippen molar-refractivity contribution in [3.8, 4) is 39.4 Å². The first-order valence-corrected chi connectivity index (χ1v) is 13.6. The molecule has 0 aliphatic heterocycles. The van der Waals surface area contributed by atoms with E-state index in [0.717, 1.165) is 16.7 Å². The summed E-state index contributed by atoms with van der Waals surface area (Å²) in [6.07, 6.45) is 0. The molecule has 190 valence electrons. The standard InChI is InChI=1S/C36H29NO2/c1-35(2)29-11-7-5-9-23(29)25-16-27-28-17-26-24-10-6-8-12-30(24)36(3,4)32(26)19-34(28)37(33(27)18-31(25)35)20-13-21(38)15-22(39)14-20/h5-19,38-39H,1-4H3. The van der Waals surface area contributed by atoms with Crippen LogP contribution in [-0.4, -0.2) is 14.8 Å². The smallest absolute Gasteiger partial charge is 0.121 e. The molecule has 0 radical (unpaired) electrons. The summed E-state index contributed by atoms with van der Waals surface area (Å²) in [5, 5.41) is 23.3. The molecular weight excluding hydrogens is 478 g/mol. The molecule has 5 aromatic carbocycles. The molecule has 2 aliphatic rings. The van der Waals surface area contributed by atoms with Crippen molar-refractivity contribution in [1.29, 1.82) is 0 Å². The highest BCUT2D eigenvalue weighted by Crippen LogP contribution is 2.54. The zero-order chi connectivity index (χ0) is 26.8. The van der Waals surface area contributed by atoms with Gasteiger partial charge in [-0.15, -0.1) is 0 Å². The highest BCUT2D eigenvalue weighted by Gasteiger charge is 2.38. The lowest BCUT2D eigenvalue weighted by atomic mass is 9.82. The van der Waals surface area contributed by atoms with Crippen molar-refractivity contribution in [2.24, 2.45) is 0 Å². The molecule has 6 aromatic rings. The molecule has 1 aromatic heterocycles.